The number of amides is 1. The fourth-order valence-electron chi connectivity index (χ4n) is 2.33. The Labute approximate surface area is 149 Å². The molecular weight excluding hydrogens is 342 g/mol. The van der Waals surface area contributed by atoms with Gasteiger partial charge in [-0.2, -0.15) is 0 Å². The van der Waals surface area contributed by atoms with Crippen LogP contribution in [0.2, 0.25) is 5.02 Å². The number of halogens is 1. The number of pyridine rings is 1. The van der Waals surface area contributed by atoms with Crippen LogP contribution in [0.4, 0.5) is 5.82 Å². The number of hydrogen-bond acceptors (Lipinski definition) is 4. The molecule has 0 saturated heterocycles. The summed E-state index contributed by atoms with van der Waals surface area (Å²) in [6.45, 7) is 3.78. The molecule has 24 heavy (non-hydrogen) atoms. The van der Waals surface area contributed by atoms with E-state index in [1.807, 2.05) is 50.2 Å². The van der Waals surface area contributed by atoms with Crippen LogP contribution in [-0.4, -0.2) is 15.9 Å². The van der Waals surface area contributed by atoms with Crippen LogP contribution in [0.5, 0.6) is 0 Å². The van der Waals surface area contributed by atoms with Gasteiger partial charge in [0.15, 0.2) is 0 Å². The zero-order valence-corrected chi connectivity index (χ0v) is 14.9. The van der Waals surface area contributed by atoms with Gasteiger partial charge in [0.25, 0.3) is 0 Å². The average Bonchev–Trinajstić information content (AvgIpc) is 2.97. The van der Waals surface area contributed by atoms with Crippen LogP contribution >= 0.6 is 22.9 Å². The van der Waals surface area contributed by atoms with E-state index in [-0.39, 0.29) is 5.91 Å². The van der Waals surface area contributed by atoms with Crippen molar-refractivity contribution in [2.24, 2.45) is 0 Å². The number of nitrogens with one attached hydrogen (secondary N) is 1. The van der Waals surface area contributed by atoms with E-state index in [1.54, 1.807) is 17.5 Å². The van der Waals surface area contributed by atoms with Crippen LogP contribution in [0, 0.1) is 6.92 Å². The van der Waals surface area contributed by atoms with Gasteiger partial charge in [-0.25, -0.2) is 9.97 Å². The molecule has 3 aromatic rings. The van der Waals surface area contributed by atoms with Crippen LogP contribution in [0.15, 0.2) is 42.6 Å². The number of thiazole rings is 1. The van der Waals surface area contributed by atoms with Gasteiger partial charge in [0, 0.05) is 23.2 Å². The lowest BCUT2D eigenvalue weighted by Gasteiger charge is -2.06. The second-order valence-corrected chi connectivity index (χ2v) is 6.89. The van der Waals surface area contributed by atoms with Gasteiger partial charge in [-0.15, -0.1) is 11.3 Å². The van der Waals surface area contributed by atoms with E-state index in [0.717, 1.165) is 26.7 Å². The fourth-order valence-corrected chi connectivity index (χ4v) is 3.45. The predicted molar refractivity (Wildman–Crippen MR) is 99.4 cm³/mol. The van der Waals surface area contributed by atoms with Crippen molar-refractivity contribution in [3.63, 3.8) is 0 Å². The van der Waals surface area contributed by atoms with E-state index >= 15 is 0 Å². The molecule has 6 heteroatoms. The van der Waals surface area contributed by atoms with Gasteiger partial charge in [0.2, 0.25) is 5.91 Å². The number of anilines is 1. The standard InChI is InChI=1S/C18H16ClN3OS/c1-3-16(23)22-15-10-13(7-8-20-15)18-17(21-11(2)24-18)12-5-4-6-14(19)9-12/h4-10H,3H2,1-2H3,(H,20,22,23). The molecule has 0 aliphatic rings. The highest BCUT2D eigenvalue weighted by Crippen LogP contribution is 2.37. The van der Waals surface area contributed by atoms with Crippen LogP contribution in [0.1, 0.15) is 18.4 Å². The lowest BCUT2D eigenvalue weighted by molar-refractivity contribution is -0.115. The predicted octanol–water partition coefficient (Wildman–Crippen LogP) is 5.18. The third-order valence-corrected chi connectivity index (χ3v) is 4.70. The molecular formula is C18H16ClN3OS. The van der Waals surface area contributed by atoms with E-state index in [1.165, 1.54) is 0 Å². The molecule has 2 aromatic heterocycles. The molecule has 0 aliphatic heterocycles. The lowest BCUT2D eigenvalue weighted by Crippen LogP contribution is -2.10. The maximum Gasteiger partial charge on any atom is 0.225 e. The Kier molecular flexibility index (Phi) is 4.92. The molecule has 0 atom stereocenters. The molecule has 3 rings (SSSR count). The van der Waals surface area contributed by atoms with Crippen molar-refractivity contribution in [2.75, 3.05) is 5.32 Å². The third kappa shape index (κ3) is 3.63. The van der Waals surface area contributed by atoms with Gasteiger partial charge in [0.05, 0.1) is 15.6 Å². The summed E-state index contributed by atoms with van der Waals surface area (Å²) in [6, 6.07) is 11.4. The summed E-state index contributed by atoms with van der Waals surface area (Å²) in [5.74, 6) is 0.484. The molecule has 0 radical (unpaired) electrons. The normalized spacial score (nSPS) is 10.6. The van der Waals surface area contributed by atoms with E-state index in [2.05, 4.69) is 15.3 Å². The zero-order chi connectivity index (χ0) is 17.1. The Bertz CT molecular complexity index is 891. The molecule has 4 nitrogen and oxygen atoms in total. The van der Waals surface area contributed by atoms with E-state index in [9.17, 15) is 4.79 Å². The molecule has 0 bridgehead atoms. The van der Waals surface area contributed by atoms with Crippen LogP contribution in [0.3, 0.4) is 0 Å². The quantitative estimate of drug-likeness (QED) is 0.699. The molecule has 122 valence electrons. The Balaban J connectivity index is 2.04. The number of carbonyl (C=O) groups excluding carboxylic acids is 1. The van der Waals surface area contributed by atoms with Crippen molar-refractivity contribution in [2.45, 2.75) is 20.3 Å². The monoisotopic (exact) mass is 357 g/mol. The summed E-state index contributed by atoms with van der Waals surface area (Å²) in [7, 11) is 0. The summed E-state index contributed by atoms with van der Waals surface area (Å²) in [5.41, 5.74) is 2.83. The first-order chi connectivity index (χ1) is 11.6. The highest BCUT2D eigenvalue weighted by atomic mass is 35.5. The largest absolute Gasteiger partial charge is 0.311 e. The molecule has 1 aromatic carbocycles. The highest BCUT2D eigenvalue weighted by Gasteiger charge is 2.14. The van der Waals surface area contributed by atoms with Crippen LogP contribution in [-0.2, 0) is 4.79 Å². The first-order valence-corrected chi connectivity index (χ1v) is 8.76. The van der Waals surface area contributed by atoms with Crippen molar-refractivity contribution in [1.29, 1.82) is 0 Å². The first-order valence-electron chi connectivity index (χ1n) is 7.56. The smallest absolute Gasteiger partial charge is 0.225 e. The summed E-state index contributed by atoms with van der Waals surface area (Å²) >= 11 is 7.72. The number of aryl methyl sites for hydroxylation is 1. The Morgan fingerprint density at radius 2 is 2.08 bits per heavy atom. The molecule has 0 spiro atoms. The number of rotatable bonds is 4. The molecule has 1 N–H and O–H groups in total. The first kappa shape index (κ1) is 16.6. The fraction of sp³-hybridized carbons (Fsp3) is 0.167. The Morgan fingerprint density at radius 3 is 2.83 bits per heavy atom. The number of benzene rings is 1. The van der Waals surface area contributed by atoms with Crippen LogP contribution in [0.25, 0.3) is 21.7 Å². The summed E-state index contributed by atoms with van der Waals surface area (Å²) in [4.78, 5) is 21.5. The van der Waals surface area contributed by atoms with Gasteiger partial charge >= 0.3 is 0 Å². The van der Waals surface area contributed by atoms with Crippen molar-refractivity contribution in [3.05, 3.63) is 52.6 Å². The molecule has 2 heterocycles. The molecule has 0 aliphatic carbocycles. The minimum atomic E-state index is -0.0600. The van der Waals surface area contributed by atoms with E-state index in [0.29, 0.717) is 17.3 Å². The molecule has 0 saturated carbocycles. The van der Waals surface area contributed by atoms with Crippen molar-refractivity contribution in [1.82, 2.24) is 9.97 Å². The maximum atomic E-state index is 11.6. The van der Waals surface area contributed by atoms with E-state index in [4.69, 9.17) is 11.6 Å². The second kappa shape index (κ2) is 7.11. The molecule has 0 unspecified atom stereocenters. The minimum absolute atomic E-state index is 0.0600. The number of hydrogen-bond donors (Lipinski definition) is 1. The Morgan fingerprint density at radius 1 is 1.25 bits per heavy atom. The van der Waals surface area contributed by atoms with Gasteiger partial charge in [-0.05, 0) is 36.8 Å². The van der Waals surface area contributed by atoms with E-state index < -0.39 is 0 Å². The SMILES string of the molecule is CCC(=O)Nc1cc(-c2sc(C)nc2-c2cccc(Cl)c2)ccn1. The van der Waals surface area contributed by atoms with Crippen molar-refractivity contribution < 1.29 is 4.79 Å². The second-order valence-electron chi connectivity index (χ2n) is 5.25. The van der Waals surface area contributed by atoms with Gasteiger partial charge in [-0.3, -0.25) is 4.79 Å². The van der Waals surface area contributed by atoms with Gasteiger partial charge in [-0.1, -0.05) is 30.7 Å². The summed E-state index contributed by atoms with van der Waals surface area (Å²) in [6.07, 6.45) is 2.11. The van der Waals surface area contributed by atoms with Gasteiger partial charge < -0.3 is 5.32 Å². The molecule has 0 fully saturated rings. The van der Waals surface area contributed by atoms with Crippen LogP contribution < -0.4 is 5.32 Å². The molecule has 1 amide bonds. The topological polar surface area (TPSA) is 54.9 Å². The number of aromatic nitrogens is 2. The number of nitrogens with zero attached hydrogens (tertiary/aromatic N) is 2. The number of carbonyl (C=O) groups is 1. The Hall–Kier alpha value is -2.24. The highest BCUT2D eigenvalue weighted by molar-refractivity contribution is 7.15. The van der Waals surface area contributed by atoms with Crippen molar-refractivity contribution in [3.8, 4) is 21.7 Å². The third-order valence-electron chi connectivity index (χ3n) is 3.44. The summed E-state index contributed by atoms with van der Waals surface area (Å²) in [5, 5.41) is 4.43. The van der Waals surface area contributed by atoms with Crippen molar-refractivity contribution >= 4 is 34.7 Å². The lowest BCUT2D eigenvalue weighted by atomic mass is 10.1. The average molecular weight is 358 g/mol. The maximum absolute atomic E-state index is 11.6. The minimum Gasteiger partial charge on any atom is -0.311 e. The summed E-state index contributed by atoms with van der Waals surface area (Å²) < 4.78 is 0. The van der Waals surface area contributed by atoms with Gasteiger partial charge in [0.1, 0.15) is 5.82 Å². The zero-order valence-electron chi connectivity index (χ0n) is 13.3.